The van der Waals surface area contributed by atoms with Crippen LogP contribution in [0.25, 0.3) is 0 Å². The van der Waals surface area contributed by atoms with Gasteiger partial charge in [0.25, 0.3) is 0 Å². The fraction of sp³-hybridized carbons (Fsp3) is 0.765. The van der Waals surface area contributed by atoms with Gasteiger partial charge in [-0.2, -0.15) is 5.10 Å². The average Bonchev–Trinajstić information content (AvgIpc) is 3.00. The molecule has 1 atom stereocenters. The van der Waals surface area contributed by atoms with E-state index in [0.717, 1.165) is 51.1 Å². The van der Waals surface area contributed by atoms with Gasteiger partial charge < -0.3 is 15.1 Å². The van der Waals surface area contributed by atoms with Gasteiger partial charge in [-0.05, 0) is 38.9 Å². The molecule has 1 unspecified atom stereocenters. The number of piperidine rings is 1. The Bertz CT molecular complexity index is 499. The van der Waals surface area contributed by atoms with Crippen molar-refractivity contribution >= 4 is 30.7 Å². The molecule has 1 N–H and O–H groups in total. The van der Waals surface area contributed by atoms with E-state index in [1.54, 1.807) is 10.9 Å². The molecule has 6 nitrogen and oxygen atoms in total. The molecule has 0 bridgehead atoms. The van der Waals surface area contributed by atoms with Crippen LogP contribution < -0.4 is 5.32 Å². The SMILES string of the molecule is CCN(CC)CC1CCN(C(=O)C(NC)c2cnn(C)c2)CC1.Cl.Cl. The summed E-state index contributed by atoms with van der Waals surface area (Å²) >= 11 is 0. The van der Waals surface area contributed by atoms with Crippen molar-refractivity contribution in [3.63, 3.8) is 0 Å². The van der Waals surface area contributed by atoms with E-state index in [0.29, 0.717) is 5.92 Å². The minimum atomic E-state index is -0.289. The maximum atomic E-state index is 12.8. The Morgan fingerprint density at radius 1 is 1.32 bits per heavy atom. The summed E-state index contributed by atoms with van der Waals surface area (Å²) in [6, 6.07) is -0.289. The van der Waals surface area contributed by atoms with Gasteiger partial charge in [-0.15, -0.1) is 24.8 Å². The molecule has 0 radical (unpaired) electrons. The molecule has 1 aromatic rings. The molecule has 8 heteroatoms. The average molecular weight is 394 g/mol. The van der Waals surface area contributed by atoms with Crippen molar-refractivity contribution in [2.75, 3.05) is 39.8 Å². The lowest BCUT2D eigenvalue weighted by Crippen LogP contribution is -2.45. The van der Waals surface area contributed by atoms with Crippen molar-refractivity contribution in [3.8, 4) is 0 Å². The first-order valence-electron chi connectivity index (χ1n) is 8.75. The minimum Gasteiger partial charge on any atom is -0.341 e. The van der Waals surface area contributed by atoms with Crippen LogP contribution in [0, 0.1) is 5.92 Å². The number of aromatic nitrogens is 2. The van der Waals surface area contributed by atoms with E-state index in [1.807, 2.05) is 25.2 Å². The van der Waals surface area contributed by atoms with E-state index < -0.39 is 0 Å². The molecule has 0 saturated carbocycles. The zero-order valence-electron chi connectivity index (χ0n) is 15.8. The Kier molecular flexibility index (Phi) is 11.3. The number of halogens is 2. The van der Waals surface area contributed by atoms with Gasteiger partial charge in [-0.3, -0.25) is 9.48 Å². The summed E-state index contributed by atoms with van der Waals surface area (Å²) in [6.45, 7) is 9.54. The Morgan fingerprint density at radius 3 is 2.36 bits per heavy atom. The molecule has 0 aromatic carbocycles. The lowest BCUT2D eigenvalue weighted by atomic mass is 9.95. The van der Waals surface area contributed by atoms with Gasteiger partial charge in [0, 0.05) is 38.4 Å². The predicted molar refractivity (Wildman–Crippen MR) is 107 cm³/mol. The smallest absolute Gasteiger partial charge is 0.244 e. The molecule has 1 aliphatic heterocycles. The summed E-state index contributed by atoms with van der Waals surface area (Å²) in [5, 5.41) is 7.31. The number of nitrogens with zero attached hydrogens (tertiary/aromatic N) is 4. The molecule has 1 aromatic heterocycles. The second kappa shape index (κ2) is 11.7. The van der Waals surface area contributed by atoms with Crippen molar-refractivity contribution in [1.82, 2.24) is 24.9 Å². The monoisotopic (exact) mass is 393 g/mol. The van der Waals surface area contributed by atoms with Crippen molar-refractivity contribution in [2.45, 2.75) is 32.7 Å². The van der Waals surface area contributed by atoms with Crippen LogP contribution in [0.1, 0.15) is 38.3 Å². The van der Waals surface area contributed by atoms with Gasteiger partial charge in [0.2, 0.25) is 5.91 Å². The topological polar surface area (TPSA) is 53.4 Å². The van der Waals surface area contributed by atoms with Crippen LogP contribution in [0.15, 0.2) is 12.4 Å². The molecule has 146 valence electrons. The molecule has 25 heavy (non-hydrogen) atoms. The molecule has 1 aliphatic rings. The Hall–Kier alpha value is -0.820. The second-order valence-corrected chi connectivity index (χ2v) is 6.42. The van der Waals surface area contributed by atoms with E-state index in [2.05, 4.69) is 29.2 Å². The number of rotatable bonds is 7. The first-order valence-corrected chi connectivity index (χ1v) is 8.75. The van der Waals surface area contributed by atoms with Gasteiger partial charge >= 0.3 is 0 Å². The van der Waals surface area contributed by atoms with Gasteiger partial charge in [-0.25, -0.2) is 0 Å². The molecule has 1 fully saturated rings. The fourth-order valence-electron chi connectivity index (χ4n) is 3.39. The Balaban J connectivity index is 0.00000288. The number of hydrogen-bond acceptors (Lipinski definition) is 4. The van der Waals surface area contributed by atoms with Crippen LogP contribution in [0.3, 0.4) is 0 Å². The summed E-state index contributed by atoms with van der Waals surface area (Å²) in [5.74, 6) is 0.882. The van der Waals surface area contributed by atoms with Gasteiger partial charge in [0.05, 0.1) is 6.20 Å². The van der Waals surface area contributed by atoms with E-state index in [9.17, 15) is 4.79 Å². The molecular weight excluding hydrogens is 361 g/mol. The van der Waals surface area contributed by atoms with E-state index >= 15 is 0 Å². The number of aryl methyl sites for hydroxylation is 1. The molecule has 2 heterocycles. The number of carbonyl (C=O) groups is 1. The minimum absolute atomic E-state index is 0. The third-order valence-electron chi connectivity index (χ3n) is 4.93. The molecule has 2 rings (SSSR count). The van der Waals surface area contributed by atoms with Crippen LogP contribution in [-0.4, -0.2) is 65.3 Å². The van der Waals surface area contributed by atoms with Crippen molar-refractivity contribution in [1.29, 1.82) is 0 Å². The molecule has 1 saturated heterocycles. The first-order chi connectivity index (χ1) is 11.1. The summed E-state index contributed by atoms with van der Waals surface area (Å²) in [7, 11) is 3.71. The summed E-state index contributed by atoms with van der Waals surface area (Å²) < 4.78 is 1.74. The number of amides is 1. The highest BCUT2D eigenvalue weighted by atomic mass is 35.5. The van der Waals surface area contributed by atoms with Gasteiger partial charge in [0.15, 0.2) is 0 Å². The number of nitrogens with one attached hydrogen (secondary N) is 1. The highest BCUT2D eigenvalue weighted by Gasteiger charge is 2.29. The second-order valence-electron chi connectivity index (χ2n) is 6.42. The van der Waals surface area contributed by atoms with E-state index in [1.165, 1.54) is 0 Å². The largest absolute Gasteiger partial charge is 0.341 e. The van der Waals surface area contributed by atoms with E-state index in [4.69, 9.17) is 0 Å². The number of hydrogen-bond donors (Lipinski definition) is 1. The third kappa shape index (κ3) is 6.44. The quantitative estimate of drug-likeness (QED) is 0.770. The Labute approximate surface area is 164 Å². The predicted octanol–water partition coefficient (Wildman–Crippen LogP) is 2.10. The highest BCUT2D eigenvalue weighted by Crippen LogP contribution is 2.22. The van der Waals surface area contributed by atoms with Crippen molar-refractivity contribution < 1.29 is 4.79 Å². The standard InChI is InChI=1S/C17H31N5O.2ClH/c1-5-21(6-2)12-14-7-9-22(10-8-14)17(23)16(18-3)15-11-19-20(4)13-15;;/h11,13-14,16,18H,5-10,12H2,1-4H3;2*1H. The summed E-state index contributed by atoms with van der Waals surface area (Å²) in [5.41, 5.74) is 0.935. The zero-order valence-corrected chi connectivity index (χ0v) is 17.4. The van der Waals surface area contributed by atoms with Gasteiger partial charge in [0.1, 0.15) is 6.04 Å². The molecule has 1 amide bonds. The maximum Gasteiger partial charge on any atom is 0.244 e. The number of likely N-dealkylation sites (tertiary alicyclic amines) is 1. The summed E-state index contributed by atoms with van der Waals surface area (Å²) in [4.78, 5) is 17.3. The summed E-state index contributed by atoms with van der Waals surface area (Å²) in [6.07, 6.45) is 5.88. The highest BCUT2D eigenvalue weighted by molar-refractivity contribution is 5.85. The normalized spacial score (nSPS) is 16.3. The van der Waals surface area contributed by atoms with Crippen LogP contribution >= 0.6 is 24.8 Å². The van der Waals surface area contributed by atoms with Crippen LogP contribution in [0.5, 0.6) is 0 Å². The van der Waals surface area contributed by atoms with Crippen LogP contribution in [-0.2, 0) is 11.8 Å². The zero-order chi connectivity index (χ0) is 16.8. The third-order valence-corrected chi connectivity index (χ3v) is 4.93. The van der Waals surface area contributed by atoms with Crippen molar-refractivity contribution in [3.05, 3.63) is 18.0 Å². The van der Waals surface area contributed by atoms with Crippen molar-refractivity contribution in [2.24, 2.45) is 13.0 Å². The molecular formula is C17H33Cl2N5O. The number of likely N-dealkylation sites (N-methyl/N-ethyl adjacent to an activating group) is 1. The van der Waals surface area contributed by atoms with Crippen LogP contribution in [0.4, 0.5) is 0 Å². The molecule has 0 aliphatic carbocycles. The van der Waals surface area contributed by atoms with E-state index in [-0.39, 0.29) is 36.8 Å². The first kappa shape index (κ1) is 24.2. The lowest BCUT2D eigenvalue weighted by Gasteiger charge is -2.35. The Morgan fingerprint density at radius 2 is 1.92 bits per heavy atom. The molecule has 0 spiro atoms. The number of carbonyl (C=O) groups excluding carboxylic acids is 1. The van der Waals surface area contributed by atoms with Crippen LogP contribution in [0.2, 0.25) is 0 Å². The maximum absolute atomic E-state index is 12.8. The fourth-order valence-corrected chi connectivity index (χ4v) is 3.39. The lowest BCUT2D eigenvalue weighted by molar-refractivity contribution is -0.135. The van der Waals surface area contributed by atoms with Gasteiger partial charge in [-0.1, -0.05) is 13.8 Å².